The number of ether oxygens (including phenoxy) is 1. The van der Waals surface area contributed by atoms with Gasteiger partial charge in [-0.1, -0.05) is 12.1 Å². The predicted molar refractivity (Wildman–Crippen MR) is 54.4 cm³/mol. The lowest BCUT2D eigenvalue weighted by atomic mass is 10.0. The van der Waals surface area contributed by atoms with E-state index in [4.69, 9.17) is 4.74 Å². The van der Waals surface area contributed by atoms with Crippen molar-refractivity contribution in [2.24, 2.45) is 0 Å². The molecule has 0 amide bonds. The molecule has 0 N–H and O–H groups in total. The number of benzene rings is 1. The zero-order chi connectivity index (χ0) is 10.8. The van der Waals surface area contributed by atoms with Gasteiger partial charge >= 0.3 is 0 Å². The fourth-order valence-electron chi connectivity index (χ4n) is 1.72. The van der Waals surface area contributed by atoms with Gasteiger partial charge in [0.15, 0.2) is 5.78 Å². The second-order valence-electron chi connectivity index (χ2n) is 3.83. The van der Waals surface area contributed by atoms with Crippen LogP contribution in [0.3, 0.4) is 0 Å². The van der Waals surface area contributed by atoms with Gasteiger partial charge in [0.25, 0.3) is 0 Å². The minimum Gasteiger partial charge on any atom is -0.370 e. The highest BCUT2D eigenvalue weighted by molar-refractivity contribution is 5.99. The normalized spacial score (nSPS) is 20.5. The van der Waals surface area contributed by atoms with Crippen LogP contribution >= 0.6 is 0 Å². The molecule has 1 atom stereocenters. The summed E-state index contributed by atoms with van der Waals surface area (Å²) in [6.07, 6.45) is 1.28. The SMILES string of the molecule is Cc1ccc(C(=O)C2CCCO2)cc1F. The third-order valence-electron chi connectivity index (χ3n) is 2.68. The third-order valence-corrected chi connectivity index (χ3v) is 2.68. The van der Waals surface area contributed by atoms with Crippen molar-refractivity contribution in [1.29, 1.82) is 0 Å². The summed E-state index contributed by atoms with van der Waals surface area (Å²) in [5, 5.41) is 0. The Hall–Kier alpha value is -1.22. The minimum atomic E-state index is -0.368. The topological polar surface area (TPSA) is 26.3 Å². The van der Waals surface area contributed by atoms with Gasteiger partial charge in [0.2, 0.25) is 0 Å². The highest BCUT2D eigenvalue weighted by Gasteiger charge is 2.24. The van der Waals surface area contributed by atoms with E-state index in [0.717, 1.165) is 12.8 Å². The molecule has 0 aromatic heterocycles. The number of hydrogen-bond acceptors (Lipinski definition) is 2. The summed E-state index contributed by atoms with van der Waals surface area (Å²) in [5.74, 6) is -0.440. The largest absolute Gasteiger partial charge is 0.370 e. The smallest absolute Gasteiger partial charge is 0.191 e. The summed E-state index contributed by atoms with van der Waals surface area (Å²) in [6.45, 7) is 2.31. The maximum Gasteiger partial charge on any atom is 0.191 e. The third kappa shape index (κ3) is 2.07. The van der Waals surface area contributed by atoms with E-state index >= 15 is 0 Å². The Labute approximate surface area is 88.1 Å². The minimum absolute atomic E-state index is 0.105. The standard InChI is InChI=1S/C12H13FO2/c1-8-4-5-9(7-10(8)13)12(14)11-3-2-6-15-11/h4-5,7,11H,2-3,6H2,1H3. The lowest BCUT2D eigenvalue weighted by Crippen LogP contribution is -2.19. The van der Waals surface area contributed by atoms with Crippen LogP contribution in [0.2, 0.25) is 0 Å². The monoisotopic (exact) mass is 208 g/mol. The van der Waals surface area contributed by atoms with E-state index in [0.29, 0.717) is 17.7 Å². The maximum atomic E-state index is 13.2. The van der Waals surface area contributed by atoms with E-state index in [-0.39, 0.29) is 17.7 Å². The molecular weight excluding hydrogens is 195 g/mol. The Morgan fingerprint density at radius 2 is 2.33 bits per heavy atom. The van der Waals surface area contributed by atoms with E-state index in [1.807, 2.05) is 0 Å². The molecule has 0 saturated carbocycles. The van der Waals surface area contributed by atoms with Crippen molar-refractivity contribution in [3.63, 3.8) is 0 Å². The molecule has 1 saturated heterocycles. The molecule has 0 bridgehead atoms. The van der Waals surface area contributed by atoms with Crippen LogP contribution in [0.25, 0.3) is 0 Å². The number of hydrogen-bond donors (Lipinski definition) is 0. The van der Waals surface area contributed by atoms with Crippen LogP contribution in [-0.4, -0.2) is 18.5 Å². The van der Waals surface area contributed by atoms with E-state index in [1.165, 1.54) is 6.07 Å². The van der Waals surface area contributed by atoms with Crippen molar-refractivity contribution in [2.45, 2.75) is 25.9 Å². The van der Waals surface area contributed by atoms with Gasteiger partial charge in [-0.25, -0.2) is 4.39 Å². The molecular formula is C12H13FO2. The molecule has 1 heterocycles. The van der Waals surface area contributed by atoms with E-state index in [9.17, 15) is 9.18 Å². The average Bonchev–Trinajstić information content (AvgIpc) is 2.74. The molecule has 3 heteroatoms. The Balaban J connectivity index is 2.21. The molecule has 1 fully saturated rings. The fraction of sp³-hybridized carbons (Fsp3) is 0.417. The molecule has 1 unspecified atom stereocenters. The lowest BCUT2D eigenvalue weighted by molar-refractivity contribution is 0.0642. The van der Waals surface area contributed by atoms with Crippen LogP contribution in [0, 0.1) is 12.7 Å². The van der Waals surface area contributed by atoms with Crippen LogP contribution in [0.1, 0.15) is 28.8 Å². The Morgan fingerprint density at radius 3 is 2.93 bits per heavy atom. The summed E-state index contributed by atoms with van der Waals surface area (Å²) < 4.78 is 18.5. The van der Waals surface area contributed by atoms with Crippen LogP contribution < -0.4 is 0 Å². The van der Waals surface area contributed by atoms with Crippen LogP contribution in [-0.2, 0) is 4.74 Å². The van der Waals surface area contributed by atoms with Crippen molar-refractivity contribution in [2.75, 3.05) is 6.61 Å². The molecule has 2 nitrogen and oxygen atoms in total. The molecule has 2 rings (SSSR count). The number of ketones is 1. The summed E-state index contributed by atoms with van der Waals surface area (Å²) in [6, 6.07) is 4.57. The van der Waals surface area contributed by atoms with Crippen LogP contribution in [0.15, 0.2) is 18.2 Å². The second kappa shape index (κ2) is 4.11. The number of aryl methyl sites for hydroxylation is 1. The number of rotatable bonds is 2. The summed E-state index contributed by atoms with van der Waals surface area (Å²) in [4.78, 5) is 11.8. The molecule has 1 aromatic carbocycles. The molecule has 1 aliphatic rings. The zero-order valence-corrected chi connectivity index (χ0v) is 8.63. The highest BCUT2D eigenvalue weighted by atomic mass is 19.1. The van der Waals surface area contributed by atoms with Gasteiger partial charge in [-0.3, -0.25) is 4.79 Å². The van der Waals surface area contributed by atoms with E-state index in [2.05, 4.69) is 0 Å². The molecule has 1 aromatic rings. The number of halogens is 1. The van der Waals surface area contributed by atoms with Crippen LogP contribution in [0.4, 0.5) is 4.39 Å². The van der Waals surface area contributed by atoms with Gasteiger partial charge in [-0.05, 0) is 31.4 Å². The molecule has 80 valence electrons. The fourth-order valence-corrected chi connectivity index (χ4v) is 1.72. The van der Waals surface area contributed by atoms with Gasteiger partial charge in [-0.2, -0.15) is 0 Å². The highest BCUT2D eigenvalue weighted by Crippen LogP contribution is 2.18. The van der Waals surface area contributed by atoms with Gasteiger partial charge in [-0.15, -0.1) is 0 Å². The first-order valence-corrected chi connectivity index (χ1v) is 5.10. The van der Waals surface area contributed by atoms with Crippen molar-refractivity contribution in [3.8, 4) is 0 Å². The maximum absolute atomic E-state index is 13.2. The number of carbonyl (C=O) groups is 1. The first-order valence-electron chi connectivity index (χ1n) is 5.10. The number of Topliss-reactive ketones (excluding diaryl/α,β-unsaturated/α-hetero) is 1. The predicted octanol–water partition coefficient (Wildman–Crippen LogP) is 2.50. The van der Waals surface area contributed by atoms with Crippen molar-refractivity contribution < 1.29 is 13.9 Å². The number of carbonyl (C=O) groups excluding carboxylic acids is 1. The second-order valence-corrected chi connectivity index (χ2v) is 3.83. The van der Waals surface area contributed by atoms with Gasteiger partial charge in [0, 0.05) is 12.2 Å². The first-order chi connectivity index (χ1) is 7.18. The quantitative estimate of drug-likeness (QED) is 0.698. The Morgan fingerprint density at radius 1 is 1.53 bits per heavy atom. The average molecular weight is 208 g/mol. The molecule has 1 aliphatic heterocycles. The molecule has 0 spiro atoms. The van der Waals surface area contributed by atoms with Gasteiger partial charge < -0.3 is 4.74 Å². The Bertz CT molecular complexity index is 381. The molecule has 0 aliphatic carbocycles. The van der Waals surface area contributed by atoms with Crippen LogP contribution in [0.5, 0.6) is 0 Å². The van der Waals surface area contributed by atoms with E-state index < -0.39 is 0 Å². The van der Waals surface area contributed by atoms with Gasteiger partial charge in [0.05, 0.1) is 0 Å². The Kier molecular flexibility index (Phi) is 2.82. The van der Waals surface area contributed by atoms with Crippen molar-refractivity contribution in [3.05, 3.63) is 35.1 Å². The summed E-state index contributed by atoms with van der Waals surface area (Å²) in [7, 11) is 0. The van der Waals surface area contributed by atoms with Crippen molar-refractivity contribution in [1.82, 2.24) is 0 Å². The molecule has 15 heavy (non-hydrogen) atoms. The van der Waals surface area contributed by atoms with Crippen molar-refractivity contribution >= 4 is 5.78 Å². The zero-order valence-electron chi connectivity index (χ0n) is 8.63. The molecule has 0 radical (unpaired) electrons. The lowest BCUT2D eigenvalue weighted by Gasteiger charge is -2.08. The van der Waals surface area contributed by atoms with E-state index in [1.54, 1.807) is 19.1 Å². The summed E-state index contributed by atoms with van der Waals surface area (Å²) in [5.41, 5.74) is 0.962. The first kappa shape index (κ1) is 10.3. The van der Waals surface area contributed by atoms with Gasteiger partial charge in [0.1, 0.15) is 11.9 Å². The summed E-state index contributed by atoms with van der Waals surface area (Å²) >= 11 is 0.